The molecule has 0 spiro atoms. The lowest BCUT2D eigenvalue weighted by molar-refractivity contribution is -0.388. The SMILES string of the molecule is CC(Sc1ccc(S(N)(=O)=O)cc1[N+](=O)[O-])c1ccc(F)cc1. The Morgan fingerprint density at radius 2 is 1.83 bits per heavy atom. The fourth-order valence-corrected chi connectivity index (χ4v) is 3.52. The predicted octanol–water partition coefficient (Wildman–Crippen LogP) is 3.23. The van der Waals surface area contributed by atoms with Gasteiger partial charge < -0.3 is 0 Å². The van der Waals surface area contributed by atoms with E-state index in [1.165, 1.54) is 36.0 Å². The number of hydrogen-bond acceptors (Lipinski definition) is 5. The molecule has 0 aromatic heterocycles. The van der Waals surface area contributed by atoms with E-state index in [2.05, 4.69) is 0 Å². The highest BCUT2D eigenvalue weighted by atomic mass is 32.2. The Labute approximate surface area is 136 Å². The highest BCUT2D eigenvalue weighted by Gasteiger charge is 2.21. The molecule has 0 fully saturated rings. The normalized spacial score (nSPS) is 12.8. The van der Waals surface area contributed by atoms with Gasteiger partial charge in [0.25, 0.3) is 5.69 Å². The third-order valence-electron chi connectivity index (χ3n) is 3.10. The topological polar surface area (TPSA) is 103 Å². The molecule has 0 heterocycles. The predicted molar refractivity (Wildman–Crippen MR) is 85.1 cm³/mol. The van der Waals surface area contributed by atoms with Crippen molar-refractivity contribution in [2.45, 2.75) is 22.0 Å². The molecule has 9 heteroatoms. The molecule has 1 atom stereocenters. The molecule has 0 amide bonds. The van der Waals surface area contributed by atoms with Gasteiger partial charge in [0.15, 0.2) is 0 Å². The summed E-state index contributed by atoms with van der Waals surface area (Å²) in [5.74, 6) is -0.366. The number of hydrogen-bond donors (Lipinski definition) is 1. The van der Waals surface area contributed by atoms with E-state index in [-0.39, 0.29) is 21.7 Å². The van der Waals surface area contributed by atoms with E-state index in [9.17, 15) is 22.9 Å². The van der Waals surface area contributed by atoms with Crippen molar-refractivity contribution in [2.24, 2.45) is 5.14 Å². The summed E-state index contributed by atoms with van der Waals surface area (Å²) in [5.41, 5.74) is 0.455. The third kappa shape index (κ3) is 4.27. The molecule has 0 aliphatic carbocycles. The van der Waals surface area contributed by atoms with Crippen LogP contribution in [0.1, 0.15) is 17.7 Å². The summed E-state index contributed by atoms with van der Waals surface area (Å²) in [4.78, 5) is 10.5. The minimum atomic E-state index is -4.02. The van der Waals surface area contributed by atoms with Crippen molar-refractivity contribution < 1.29 is 17.7 Å². The lowest BCUT2D eigenvalue weighted by Gasteiger charge is -2.12. The van der Waals surface area contributed by atoms with Crippen LogP contribution >= 0.6 is 11.8 Å². The van der Waals surface area contributed by atoms with Crippen LogP contribution in [0.4, 0.5) is 10.1 Å². The number of rotatable bonds is 5. The summed E-state index contributed by atoms with van der Waals surface area (Å²) < 4.78 is 35.6. The summed E-state index contributed by atoms with van der Waals surface area (Å²) in [6.45, 7) is 1.81. The van der Waals surface area contributed by atoms with Gasteiger partial charge in [0.2, 0.25) is 10.0 Å². The Hall–Kier alpha value is -1.97. The van der Waals surface area contributed by atoms with Crippen LogP contribution in [-0.4, -0.2) is 13.3 Å². The van der Waals surface area contributed by atoms with Crippen LogP contribution in [0.5, 0.6) is 0 Å². The number of halogens is 1. The van der Waals surface area contributed by atoms with Gasteiger partial charge in [-0.15, -0.1) is 11.8 Å². The first-order chi connectivity index (χ1) is 10.7. The fourth-order valence-electron chi connectivity index (χ4n) is 1.91. The zero-order chi connectivity index (χ0) is 17.2. The first-order valence-electron chi connectivity index (χ1n) is 6.42. The van der Waals surface area contributed by atoms with Crippen molar-refractivity contribution in [3.05, 3.63) is 64.0 Å². The van der Waals surface area contributed by atoms with E-state index in [1.807, 2.05) is 6.92 Å². The number of thioether (sulfide) groups is 1. The maximum Gasteiger partial charge on any atom is 0.284 e. The first-order valence-corrected chi connectivity index (χ1v) is 8.84. The van der Waals surface area contributed by atoms with E-state index in [1.54, 1.807) is 12.1 Å². The molecule has 2 rings (SSSR count). The molecule has 2 N–H and O–H groups in total. The van der Waals surface area contributed by atoms with Crippen molar-refractivity contribution in [3.8, 4) is 0 Å². The van der Waals surface area contributed by atoms with Crippen LogP contribution in [0.25, 0.3) is 0 Å². The molecule has 122 valence electrons. The van der Waals surface area contributed by atoms with Crippen molar-refractivity contribution in [1.82, 2.24) is 0 Å². The summed E-state index contributed by atoms with van der Waals surface area (Å²) in [7, 11) is -4.02. The van der Waals surface area contributed by atoms with Gasteiger partial charge in [-0.2, -0.15) is 0 Å². The number of nitrogens with two attached hydrogens (primary N) is 1. The van der Waals surface area contributed by atoms with Gasteiger partial charge in [0.05, 0.1) is 14.7 Å². The van der Waals surface area contributed by atoms with E-state index in [4.69, 9.17) is 5.14 Å². The van der Waals surface area contributed by atoms with E-state index >= 15 is 0 Å². The van der Waals surface area contributed by atoms with Gasteiger partial charge in [-0.3, -0.25) is 10.1 Å². The second-order valence-electron chi connectivity index (χ2n) is 4.74. The summed E-state index contributed by atoms with van der Waals surface area (Å²) in [6.07, 6.45) is 0. The average molecular weight is 356 g/mol. The van der Waals surface area contributed by atoms with Gasteiger partial charge in [-0.05, 0) is 36.8 Å². The quantitative estimate of drug-likeness (QED) is 0.503. The molecule has 2 aromatic carbocycles. The minimum absolute atomic E-state index is 0.186. The molecule has 6 nitrogen and oxygen atoms in total. The maximum atomic E-state index is 12.9. The van der Waals surface area contributed by atoms with E-state index < -0.39 is 14.9 Å². The standard InChI is InChI=1S/C14H13FN2O4S2/c1-9(10-2-4-11(15)5-3-10)22-14-7-6-12(23(16,20)21)8-13(14)17(18)19/h2-9H,1H3,(H2,16,20,21). The van der Waals surface area contributed by atoms with Crippen LogP contribution < -0.4 is 5.14 Å². The maximum absolute atomic E-state index is 12.9. The molecule has 0 aliphatic rings. The fraction of sp³-hybridized carbons (Fsp3) is 0.143. The molecule has 23 heavy (non-hydrogen) atoms. The van der Waals surface area contributed by atoms with Crippen LogP contribution in [0, 0.1) is 15.9 Å². The van der Waals surface area contributed by atoms with Gasteiger partial charge in [0, 0.05) is 11.3 Å². The highest BCUT2D eigenvalue weighted by Crippen LogP contribution is 2.40. The molecule has 0 saturated heterocycles. The summed E-state index contributed by atoms with van der Waals surface area (Å²) in [6, 6.07) is 9.32. The highest BCUT2D eigenvalue weighted by molar-refractivity contribution is 7.99. The number of nitro benzene ring substituents is 1. The van der Waals surface area contributed by atoms with E-state index in [0.29, 0.717) is 4.90 Å². The summed E-state index contributed by atoms with van der Waals surface area (Å²) >= 11 is 1.18. The van der Waals surface area contributed by atoms with Crippen molar-refractivity contribution in [2.75, 3.05) is 0 Å². The summed E-state index contributed by atoms with van der Waals surface area (Å²) in [5, 5.41) is 16.0. The van der Waals surface area contributed by atoms with Crippen LogP contribution in [-0.2, 0) is 10.0 Å². The Morgan fingerprint density at radius 1 is 1.22 bits per heavy atom. The average Bonchev–Trinajstić information content (AvgIpc) is 2.46. The molecule has 0 bridgehead atoms. The molecule has 0 radical (unpaired) electrons. The van der Waals surface area contributed by atoms with Crippen LogP contribution in [0.15, 0.2) is 52.3 Å². The lowest BCUT2D eigenvalue weighted by Crippen LogP contribution is -2.12. The van der Waals surface area contributed by atoms with Crippen molar-refractivity contribution in [1.29, 1.82) is 0 Å². The number of sulfonamides is 1. The number of nitro groups is 1. The molecular weight excluding hydrogens is 343 g/mol. The Kier molecular flexibility index (Phi) is 5.03. The first kappa shape index (κ1) is 17.4. The Balaban J connectivity index is 2.35. The lowest BCUT2D eigenvalue weighted by atomic mass is 10.2. The van der Waals surface area contributed by atoms with Crippen molar-refractivity contribution >= 4 is 27.5 Å². The molecule has 1 unspecified atom stereocenters. The zero-order valence-electron chi connectivity index (χ0n) is 12.0. The number of nitrogens with zero attached hydrogens (tertiary/aromatic N) is 1. The molecule has 0 aliphatic heterocycles. The molecule has 0 saturated carbocycles. The second-order valence-corrected chi connectivity index (χ2v) is 7.69. The van der Waals surface area contributed by atoms with Gasteiger partial charge in [-0.1, -0.05) is 12.1 Å². The van der Waals surface area contributed by atoms with Crippen LogP contribution in [0.2, 0.25) is 0 Å². The second kappa shape index (κ2) is 6.65. The molecule has 2 aromatic rings. The largest absolute Gasteiger partial charge is 0.284 e. The smallest absolute Gasteiger partial charge is 0.258 e. The van der Waals surface area contributed by atoms with Gasteiger partial charge >= 0.3 is 0 Å². The third-order valence-corrected chi connectivity index (χ3v) is 5.23. The molecular formula is C14H13FN2O4S2. The Bertz CT molecular complexity index is 838. The number of primary sulfonamides is 1. The van der Waals surface area contributed by atoms with Gasteiger partial charge in [0.1, 0.15) is 5.82 Å². The Morgan fingerprint density at radius 3 is 2.35 bits per heavy atom. The monoisotopic (exact) mass is 356 g/mol. The number of benzene rings is 2. The zero-order valence-corrected chi connectivity index (χ0v) is 13.6. The van der Waals surface area contributed by atoms with Crippen LogP contribution in [0.3, 0.4) is 0 Å². The van der Waals surface area contributed by atoms with Gasteiger partial charge in [-0.25, -0.2) is 17.9 Å². The minimum Gasteiger partial charge on any atom is -0.258 e. The van der Waals surface area contributed by atoms with Crippen molar-refractivity contribution in [3.63, 3.8) is 0 Å². The van der Waals surface area contributed by atoms with E-state index in [0.717, 1.165) is 11.6 Å².